The maximum absolute atomic E-state index is 12.7. The Kier molecular flexibility index (Phi) is 4.03. The summed E-state index contributed by atoms with van der Waals surface area (Å²) in [6.07, 6.45) is 2.39. The molecule has 0 aromatic carbocycles. The van der Waals surface area contributed by atoms with E-state index in [2.05, 4.69) is 0 Å². The van der Waals surface area contributed by atoms with Gasteiger partial charge in [-0.05, 0) is 38.3 Å². The third-order valence-electron chi connectivity index (χ3n) is 4.82. The lowest BCUT2D eigenvalue weighted by Gasteiger charge is -2.36. The number of rotatable bonds is 2. The lowest BCUT2D eigenvalue weighted by atomic mass is 10.1. The molecular formula is C15H23N3O3S. The van der Waals surface area contributed by atoms with E-state index in [1.54, 1.807) is 9.21 Å². The number of piperidine rings is 1. The van der Waals surface area contributed by atoms with Gasteiger partial charge in [0.15, 0.2) is 0 Å². The molecule has 0 N–H and O–H groups in total. The van der Waals surface area contributed by atoms with Crippen LogP contribution < -0.4 is 0 Å². The fourth-order valence-electron chi connectivity index (χ4n) is 3.43. The summed E-state index contributed by atoms with van der Waals surface area (Å²) in [7, 11) is -1.23. The zero-order chi connectivity index (χ0) is 15.9. The highest BCUT2D eigenvalue weighted by molar-refractivity contribution is 7.89. The Balaban J connectivity index is 1.76. The van der Waals surface area contributed by atoms with E-state index in [4.69, 9.17) is 0 Å². The zero-order valence-electron chi connectivity index (χ0n) is 13.2. The van der Waals surface area contributed by atoms with Gasteiger partial charge in [-0.15, -0.1) is 0 Å². The quantitative estimate of drug-likeness (QED) is 0.814. The number of aryl methyl sites for hydroxylation is 1. The van der Waals surface area contributed by atoms with Crippen LogP contribution in [0, 0.1) is 6.92 Å². The third-order valence-corrected chi connectivity index (χ3v) is 6.82. The minimum Gasteiger partial charge on any atom is -0.344 e. The molecule has 1 unspecified atom stereocenters. The highest BCUT2D eigenvalue weighted by atomic mass is 32.2. The van der Waals surface area contributed by atoms with Crippen molar-refractivity contribution in [3.8, 4) is 0 Å². The maximum atomic E-state index is 12.7. The van der Waals surface area contributed by atoms with Gasteiger partial charge >= 0.3 is 0 Å². The largest absolute Gasteiger partial charge is 0.344 e. The molecule has 122 valence electrons. The molecule has 0 radical (unpaired) electrons. The maximum Gasteiger partial charge on any atom is 0.270 e. The standard InChI is InChI=1S/C15H23N3O3S/c1-12-6-7-14(16(12)2)15(19)17-8-3-5-13(11-17)18-9-4-10-22(18,20)21/h6-7,13H,3-5,8-11H2,1-2H3. The summed E-state index contributed by atoms with van der Waals surface area (Å²) in [4.78, 5) is 14.5. The summed E-state index contributed by atoms with van der Waals surface area (Å²) in [6, 6.07) is 3.71. The molecule has 0 saturated carbocycles. The van der Waals surface area contributed by atoms with Gasteiger partial charge in [0.2, 0.25) is 10.0 Å². The van der Waals surface area contributed by atoms with Crippen LogP contribution in [0.25, 0.3) is 0 Å². The summed E-state index contributed by atoms with van der Waals surface area (Å²) < 4.78 is 27.7. The Labute approximate surface area is 131 Å². The molecule has 0 spiro atoms. The lowest BCUT2D eigenvalue weighted by Crippen LogP contribution is -2.50. The first-order valence-corrected chi connectivity index (χ1v) is 9.42. The molecule has 7 heteroatoms. The highest BCUT2D eigenvalue weighted by Crippen LogP contribution is 2.24. The first-order valence-electron chi connectivity index (χ1n) is 7.81. The molecule has 3 rings (SSSR count). The summed E-state index contributed by atoms with van der Waals surface area (Å²) in [6.45, 7) is 3.76. The molecule has 22 heavy (non-hydrogen) atoms. The Morgan fingerprint density at radius 2 is 2.00 bits per heavy atom. The molecule has 6 nitrogen and oxygen atoms in total. The first-order chi connectivity index (χ1) is 10.4. The van der Waals surface area contributed by atoms with Crippen LogP contribution in [-0.2, 0) is 17.1 Å². The Hall–Kier alpha value is -1.34. The van der Waals surface area contributed by atoms with E-state index in [1.165, 1.54) is 0 Å². The van der Waals surface area contributed by atoms with E-state index in [-0.39, 0.29) is 17.7 Å². The number of hydrogen-bond acceptors (Lipinski definition) is 3. The monoisotopic (exact) mass is 325 g/mol. The number of sulfonamides is 1. The molecule has 2 aliphatic rings. The molecule has 2 aliphatic heterocycles. The van der Waals surface area contributed by atoms with Crippen molar-refractivity contribution in [3.63, 3.8) is 0 Å². The fourth-order valence-corrected chi connectivity index (χ4v) is 5.19. The summed E-state index contributed by atoms with van der Waals surface area (Å²) in [5.41, 5.74) is 1.71. The van der Waals surface area contributed by atoms with E-state index < -0.39 is 10.0 Å². The van der Waals surface area contributed by atoms with E-state index in [0.29, 0.717) is 31.7 Å². The Bertz CT molecular complexity index is 680. The van der Waals surface area contributed by atoms with Crippen molar-refractivity contribution in [2.24, 2.45) is 7.05 Å². The smallest absolute Gasteiger partial charge is 0.270 e. The van der Waals surface area contributed by atoms with Gasteiger partial charge in [-0.3, -0.25) is 4.79 Å². The molecule has 2 fully saturated rings. The normalized spacial score (nSPS) is 25.5. The predicted molar refractivity (Wildman–Crippen MR) is 84.2 cm³/mol. The predicted octanol–water partition coefficient (Wildman–Crippen LogP) is 0.974. The second-order valence-electron chi connectivity index (χ2n) is 6.25. The number of nitrogens with zero attached hydrogens (tertiary/aromatic N) is 3. The molecule has 0 aliphatic carbocycles. The fraction of sp³-hybridized carbons (Fsp3) is 0.667. The van der Waals surface area contributed by atoms with Crippen LogP contribution in [0.4, 0.5) is 0 Å². The van der Waals surface area contributed by atoms with E-state index in [0.717, 1.165) is 18.5 Å². The average molecular weight is 325 g/mol. The number of aromatic nitrogens is 1. The van der Waals surface area contributed by atoms with Crippen molar-refractivity contribution < 1.29 is 13.2 Å². The molecule has 1 amide bonds. The zero-order valence-corrected chi connectivity index (χ0v) is 14.0. The van der Waals surface area contributed by atoms with Crippen molar-refractivity contribution in [1.82, 2.24) is 13.8 Å². The summed E-state index contributed by atoms with van der Waals surface area (Å²) in [5, 5.41) is 0. The second-order valence-corrected chi connectivity index (χ2v) is 8.29. The lowest BCUT2D eigenvalue weighted by molar-refractivity contribution is 0.0649. The second kappa shape index (κ2) is 5.70. The van der Waals surface area contributed by atoms with Crippen LogP contribution >= 0.6 is 0 Å². The van der Waals surface area contributed by atoms with Crippen LogP contribution in [0.3, 0.4) is 0 Å². The molecule has 1 atom stereocenters. The van der Waals surface area contributed by atoms with Gasteiger partial charge in [-0.25, -0.2) is 8.42 Å². The number of likely N-dealkylation sites (tertiary alicyclic amines) is 1. The summed E-state index contributed by atoms with van der Waals surface area (Å²) in [5.74, 6) is 0.242. The number of carbonyl (C=O) groups excluding carboxylic acids is 1. The van der Waals surface area contributed by atoms with E-state index in [1.807, 2.05) is 30.7 Å². The molecule has 2 saturated heterocycles. The van der Waals surface area contributed by atoms with E-state index in [9.17, 15) is 13.2 Å². The molecule has 1 aromatic heterocycles. The van der Waals surface area contributed by atoms with Crippen molar-refractivity contribution >= 4 is 15.9 Å². The van der Waals surface area contributed by atoms with Gasteiger partial charge < -0.3 is 9.47 Å². The molecule has 0 bridgehead atoms. The molecular weight excluding hydrogens is 302 g/mol. The SMILES string of the molecule is Cc1ccc(C(=O)N2CCCC(N3CCCS3(=O)=O)C2)n1C. The van der Waals surface area contributed by atoms with Crippen molar-refractivity contribution in [2.75, 3.05) is 25.4 Å². The van der Waals surface area contributed by atoms with Crippen molar-refractivity contribution in [3.05, 3.63) is 23.5 Å². The van der Waals surface area contributed by atoms with Gasteiger partial charge in [0, 0.05) is 38.4 Å². The molecule has 1 aromatic rings. The van der Waals surface area contributed by atoms with Gasteiger partial charge in [0.1, 0.15) is 5.69 Å². The van der Waals surface area contributed by atoms with Gasteiger partial charge in [0.05, 0.1) is 5.75 Å². The minimum atomic E-state index is -3.11. The topological polar surface area (TPSA) is 62.6 Å². The van der Waals surface area contributed by atoms with Crippen LogP contribution in [0.1, 0.15) is 35.4 Å². The van der Waals surface area contributed by atoms with Gasteiger partial charge in [-0.1, -0.05) is 0 Å². The molecule has 3 heterocycles. The number of hydrogen-bond donors (Lipinski definition) is 0. The summed E-state index contributed by atoms with van der Waals surface area (Å²) >= 11 is 0. The van der Waals surface area contributed by atoms with E-state index >= 15 is 0 Å². The van der Waals surface area contributed by atoms with Crippen molar-refractivity contribution in [1.29, 1.82) is 0 Å². The van der Waals surface area contributed by atoms with Crippen LogP contribution in [0.2, 0.25) is 0 Å². The Morgan fingerprint density at radius 3 is 2.59 bits per heavy atom. The minimum absolute atomic E-state index is 0.00288. The highest BCUT2D eigenvalue weighted by Gasteiger charge is 2.37. The average Bonchev–Trinajstić information content (AvgIpc) is 3.01. The van der Waals surface area contributed by atoms with Crippen LogP contribution in [0.5, 0.6) is 0 Å². The van der Waals surface area contributed by atoms with Crippen molar-refractivity contribution in [2.45, 2.75) is 32.2 Å². The van der Waals surface area contributed by atoms with Gasteiger partial charge in [0.25, 0.3) is 5.91 Å². The van der Waals surface area contributed by atoms with Crippen LogP contribution in [0.15, 0.2) is 12.1 Å². The Morgan fingerprint density at radius 1 is 1.23 bits per heavy atom. The van der Waals surface area contributed by atoms with Crippen LogP contribution in [-0.4, -0.2) is 59.5 Å². The number of carbonyl (C=O) groups is 1. The van der Waals surface area contributed by atoms with Gasteiger partial charge in [-0.2, -0.15) is 4.31 Å². The third kappa shape index (κ3) is 2.67. The first kappa shape index (κ1) is 15.6. The number of amides is 1.